The van der Waals surface area contributed by atoms with Crippen molar-refractivity contribution in [2.45, 2.75) is 50.1 Å². The minimum Gasteiger partial charge on any atom is -0.331 e. The number of halogens is 1. The maximum absolute atomic E-state index is 13.2. The van der Waals surface area contributed by atoms with Crippen LogP contribution in [-0.2, 0) is 6.42 Å². The molecule has 4 rings (SSSR count). The van der Waals surface area contributed by atoms with Crippen LogP contribution in [0.25, 0.3) is 0 Å². The second-order valence-corrected chi connectivity index (χ2v) is 8.50. The van der Waals surface area contributed by atoms with Gasteiger partial charge in [0.2, 0.25) is 0 Å². The second kappa shape index (κ2) is 8.85. The van der Waals surface area contributed by atoms with Gasteiger partial charge in [-0.05, 0) is 81.0 Å². The number of nitrogens with one attached hydrogen (secondary N) is 2. The average molecular weight is 407 g/mol. The van der Waals surface area contributed by atoms with E-state index in [-0.39, 0.29) is 17.4 Å². The molecule has 6 heteroatoms. The number of carbonyl (C=O) groups excluding carboxylic acids is 1. The van der Waals surface area contributed by atoms with Crippen LogP contribution < -0.4 is 10.6 Å². The molecule has 1 heterocycles. The highest BCUT2D eigenvalue weighted by molar-refractivity contribution is 5.90. The number of hydrogen-bond donors (Lipinski definition) is 2. The summed E-state index contributed by atoms with van der Waals surface area (Å²) < 4.78 is 13.2. The lowest BCUT2D eigenvalue weighted by atomic mass is 9.76. The predicted octanol–water partition coefficient (Wildman–Crippen LogP) is 4.45. The van der Waals surface area contributed by atoms with Crippen LogP contribution in [0.3, 0.4) is 0 Å². The van der Waals surface area contributed by atoms with Gasteiger partial charge >= 0.3 is 6.03 Å². The van der Waals surface area contributed by atoms with Crippen LogP contribution in [-0.4, -0.2) is 35.6 Å². The van der Waals surface area contributed by atoms with Gasteiger partial charge in [-0.3, -0.25) is 4.90 Å². The molecule has 30 heavy (non-hydrogen) atoms. The van der Waals surface area contributed by atoms with E-state index in [1.54, 1.807) is 24.3 Å². The Bertz CT molecular complexity index is 933. The molecule has 1 unspecified atom stereocenters. The third-order valence-corrected chi connectivity index (χ3v) is 6.33. The van der Waals surface area contributed by atoms with E-state index in [0.717, 1.165) is 57.2 Å². The summed E-state index contributed by atoms with van der Waals surface area (Å²) in [5.41, 5.74) is 2.09. The molecule has 2 aromatic carbocycles. The number of rotatable bonds is 6. The smallest absolute Gasteiger partial charge is 0.319 e. The Balaban J connectivity index is 1.37. The molecule has 1 atom stereocenters. The van der Waals surface area contributed by atoms with E-state index in [4.69, 9.17) is 5.26 Å². The number of hydrogen-bond acceptors (Lipinski definition) is 3. The summed E-state index contributed by atoms with van der Waals surface area (Å²) >= 11 is 0. The van der Waals surface area contributed by atoms with Crippen molar-refractivity contribution in [3.63, 3.8) is 0 Å². The molecule has 0 bridgehead atoms. The summed E-state index contributed by atoms with van der Waals surface area (Å²) in [6.45, 7) is 1.87. The van der Waals surface area contributed by atoms with Gasteiger partial charge in [0.1, 0.15) is 5.82 Å². The molecule has 1 aliphatic carbocycles. The first-order chi connectivity index (χ1) is 14.5. The first-order valence-electron chi connectivity index (χ1n) is 10.6. The van der Waals surface area contributed by atoms with Crippen LogP contribution in [0.4, 0.5) is 14.9 Å². The maximum atomic E-state index is 13.2. The van der Waals surface area contributed by atoms with Crippen molar-refractivity contribution < 1.29 is 9.18 Å². The molecule has 2 aliphatic rings. The number of urea groups is 1. The summed E-state index contributed by atoms with van der Waals surface area (Å²) in [5.74, 6) is -0.203. The number of amides is 2. The number of nitrogens with zero attached hydrogens (tertiary/aromatic N) is 2. The Morgan fingerprint density at radius 1 is 1.20 bits per heavy atom. The normalized spacial score (nSPS) is 20.2. The molecule has 1 aliphatic heterocycles. The topological polar surface area (TPSA) is 68.2 Å². The molecule has 0 spiro atoms. The Hall–Kier alpha value is -2.91. The Kier molecular flexibility index (Phi) is 6.01. The van der Waals surface area contributed by atoms with Crippen LogP contribution in [0.1, 0.15) is 43.2 Å². The van der Waals surface area contributed by atoms with Crippen LogP contribution in [0.2, 0.25) is 0 Å². The molecule has 0 aromatic heterocycles. The van der Waals surface area contributed by atoms with Gasteiger partial charge in [0, 0.05) is 18.3 Å². The van der Waals surface area contributed by atoms with Crippen molar-refractivity contribution in [1.29, 1.82) is 5.26 Å². The fraction of sp³-hybridized carbons (Fsp3) is 0.417. The van der Waals surface area contributed by atoms with E-state index in [1.165, 1.54) is 12.1 Å². The van der Waals surface area contributed by atoms with Crippen molar-refractivity contribution in [2.24, 2.45) is 0 Å². The lowest BCUT2D eigenvalue weighted by Gasteiger charge is -2.46. The third-order valence-electron chi connectivity index (χ3n) is 6.33. The van der Waals surface area contributed by atoms with Crippen molar-refractivity contribution in [3.8, 4) is 6.07 Å². The largest absolute Gasteiger partial charge is 0.331 e. The fourth-order valence-corrected chi connectivity index (χ4v) is 4.61. The Morgan fingerprint density at radius 2 is 2.00 bits per heavy atom. The summed E-state index contributed by atoms with van der Waals surface area (Å²) in [6, 6.07) is 16.0. The highest BCUT2D eigenvalue weighted by Gasteiger charge is 2.42. The van der Waals surface area contributed by atoms with Crippen LogP contribution in [0.5, 0.6) is 0 Å². The quantitative estimate of drug-likeness (QED) is 0.745. The number of anilines is 1. The predicted molar refractivity (Wildman–Crippen MR) is 115 cm³/mol. The van der Waals surface area contributed by atoms with E-state index in [9.17, 15) is 9.18 Å². The van der Waals surface area contributed by atoms with E-state index in [2.05, 4.69) is 21.6 Å². The number of benzene rings is 2. The van der Waals surface area contributed by atoms with Gasteiger partial charge in [-0.1, -0.05) is 18.2 Å². The monoisotopic (exact) mass is 406 g/mol. The van der Waals surface area contributed by atoms with Crippen molar-refractivity contribution in [2.75, 3.05) is 18.4 Å². The lowest BCUT2D eigenvalue weighted by molar-refractivity contribution is 0.109. The molecule has 2 amide bonds. The molecular weight excluding hydrogens is 379 g/mol. The van der Waals surface area contributed by atoms with Gasteiger partial charge < -0.3 is 10.6 Å². The molecule has 156 valence electrons. The Labute approximate surface area is 176 Å². The zero-order chi connectivity index (χ0) is 21.0. The van der Waals surface area contributed by atoms with E-state index in [1.807, 2.05) is 12.1 Å². The average Bonchev–Trinajstić information content (AvgIpc) is 3.14. The highest BCUT2D eigenvalue weighted by atomic mass is 19.1. The van der Waals surface area contributed by atoms with Crippen LogP contribution in [0.15, 0.2) is 48.5 Å². The van der Waals surface area contributed by atoms with Crippen LogP contribution >= 0.6 is 0 Å². The number of carbonyl (C=O) groups is 1. The molecule has 1 saturated heterocycles. The highest BCUT2D eigenvalue weighted by Crippen LogP contribution is 2.35. The SMILES string of the molecule is N#Cc1cccc(NC(=O)NC2(CN3CCCC3Cc3ccc(F)cc3)CCC2)c1. The van der Waals surface area contributed by atoms with Gasteiger partial charge in [-0.2, -0.15) is 5.26 Å². The van der Waals surface area contributed by atoms with Crippen molar-refractivity contribution in [1.82, 2.24) is 10.2 Å². The first-order valence-corrected chi connectivity index (χ1v) is 10.6. The van der Waals surface area contributed by atoms with Gasteiger partial charge in [0.05, 0.1) is 17.2 Å². The zero-order valence-corrected chi connectivity index (χ0v) is 17.0. The van der Waals surface area contributed by atoms with Gasteiger partial charge in [-0.25, -0.2) is 9.18 Å². The summed E-state index contributed by atoms with van der Waals surface area (Å²) in [6.07, 6.45) is 6.23. The van der Waals surface area contributed by atoms with Gasteiger partial charge in [0.25, 0.3) is 0 Å². The summed E-state index contributed by atoms with van der Waals surface area (Å²) in [4.78, 5) is 15.1. The van der Waals surface area contributed by atoms with Gasteiger partial charge in [-0.15, -0.1) is 0 Å². The van der Waals surface area contributed by atoms with E-state index < -0.39 is 0 Å². The third kappa shape index (κ3) is 4.80. The molecular formula is C24H27FN4O. The molecule has 5 nitrogen and oxygen atoms in total. The molecule has 2 fully saturated rings. The lowest BCUT2D eigenvalue weighted by Crippen LogP contribution is -2.61. The van der Waals surface area contributed by atoms with Gasteiger partial charge in [0.15, 0.2) is 0 Å². The van der Waals surface area contributed by atoms with Crippen molar-refractivity contribution in [3.05, 3.63) is 65.5 Å². The molecule has 2 aromatic rings. The molecule has 0 radical (unpaired) electrons. The van der Waals surface area contributed by atoms with Crippen LogP contribution in [0, 0.1) is 17.1 Å². The number of likely N-dealkylation sites (tertiary alicyclic amines) is 1. The summed E-state index contributed by atoms with van der Waals surface area (Å²) in [7, 11) is 0. The van der Waals surface area contributed by atoms with E-state index >= 15 is 0 Å². The fourth-order valence-electron chi connectivity index (χ4n) is 4.61. The zero-order valence-electron chi connectivity index (χ0n) is 17.0. The Morgan fingerprint density at radius 3 is 2.70 bits per heavy atom. The molecule has 2 N–H and O–H groups in total. The first kappa shape index (κ1) is 20.4. The minimum absolute atomic E-state index is 0.203. The maximum Gasteiger partial charge on any atom is 0.319 e. The summed E-state index contributed by atoms with van der Waals surface area (Å²) in [5, 5.41) is 15.1. The van der Waals surface area contributed by atoms with E-state index in [0.29, 0.717) is 17.3 Å². The second-order valence-electron chi connectivity index (χ2n) is 8.50. The standard InChI is InChI=1S/C24H27FN4O/c25-20-9-7-18(8-10-20)15-22-6-2-13-29(22)17-24(11-3-12-24)28-23(30)27-21-5-1-4-19(14-21)16-26/h1,4-5,7-10,14,22H,2-3,6,11-13,15,17H2,(H2,27,28,30). The molecule has 1 saturated carbocycles. The minimum atomic E-state index is -0.223. The number of nitriles is 1. The van der Waals surface area contributed by atoms with Crippen molar-refractivity contribution >= 4 is 11.7 Å².